The molecule has 0 aliphatic heterocycles. The van der Waals surface area contributed by atoms with Crippen LogP contribution in [0.4, 0.5) is 0 Å². The van der Waals surface area contributed by atoms with Crippen molar-refractivity contribution in [3.8, 4) is 5.75 Å². The minimum Gasteiger partial charge on any atom is -0.505 e. The number of aryl methyl sites for hydroxylation is 3. The molecule has 0 fully saturated rings. The lowest BCUT2D eigenvalue weighted by atomic mass is 9.94. The quantitative estimate of drug-likeness (QED) is 0.386. The van der Waals surface area contributed by atoms with E-state index in [2.05, 4.69) is 32.9 Å². The van der Waals surface area contributed by atoms with Crippen LogP contribution in [0.3, 0.4) is 0 Å². The smallest absolute Gasteiger partial charge is 0.340 e. The number of carboxylic acids is 1. The van der Waals surface area contributed by atoms with E-state index in [1.807, 2.05) is 18.2 Å². The lowest BCUT2D eigenvalue weighted by Crippen LogP contribution is -2.06. The zero-order valence-electron chi connectivity index (χ0n) is 17.5. The summed E-state index contributed by atoms with van der Waals surface area (Å²) in [5, 5.41) is 22.5. The summed E-state index contributed by atoms with van der Waals surface area (Å²) in [7, 11) is 0. The summed E-state index contributed by atoms with van der Waals surface area (Å²) in [6.07, 6.45) is 3.12. The predicted molar refractivity (Wildman–Crippen MR) is 123 cm³/mol. The standard InChI is InChI=1S/C25H25NO3S/c1-4-8-15-11-12-18-22(25(28)29)24(27)19(26-23(18)16(15)5-2)13-21-14(3)17-9-6-7-10-20(17)30-21/h6-7,9-12,27H,4-5,8,13H2,1-3H3,(H,28,29). The molecule has 5 heteroatoms. The molecule has 154 valence electrons. The second-order valence-corrected chi connectivity index (χ2v) is 8.75. The van der Waals surface area contributed by atoms with E-state index in [9.17, 15) is 15.0 Å². The van der Waals surface area contributed by atoms with Crippen molar-refractivity contribution in [2.24, 2.45) is 0 Å². The highest BCUT2D eigenvalue weighted by molar-refractivity contribution is 7.19. The molecule has 0 radical (unpaired) electrons. The van der Waals surface area contributed by atoms with Crippen LogP contribution in [0.15, 0.2) is 36.4 Å². The van der Waals surface area contributed by atoms with Gasteiger partial charge in [-0.1, -0.05) is 50.6 Å². The first-order chi connectivity index (χ1) is 14.5. The number of rotatable bonds is 6. The molecular formula is C25H25NO3S. The summed E-state index contributed by atoms with van der Waals surface area (Å²) >= 11 is 1.67. The van der Waals surface area contributed by atoms with Gasteiger partial charge < -0.3 is 10.2 Å². The van der Waals surface area contributed by atoms with Gasteiger partial charge in [-0.2, -0.15) is 0 Å². The van der Waals surface area contributed by atoms with Gasteiger partial charge in [0.15, 0.2) is 5.75 Å². The van der Waals surface area contributed by atoms with Gasteiger partial charge in [0.1, 0.15) is 5.56 Å². The maximum Gasteiger partial charge on any atom is 0.340 e. The van der Waals surface area contributed by atoms with Crippen molar-refractivity contribution in [1.29, 1.82) is 0 Å². The van der Waals surface area contributed by atoms with Crippen LogP contribution < -0.4 is 0 Å². The number of aromatic carboxylic acids is 1. The predicted octanol–water partition coefficient (Wildman–Crippen LogP) is 6.27. The first-order valence-corrected chi connectivity index (χ1v) is 11.1. The fourth-order valence-corrected chi connectivity index (χ4v) is 5.47. The van der Waals surface area contributed by atoms with Crippen LogP contribution in [0.25, 0.3) is 21.0 Å². The Balaban J connectivity index is 1.95. The van der Waals surface area contributed by atoms with Gasteiger partial charge in [0.2, 0.25) is 0 Å². The Hall–Kier alpha value is -2.92. The number of thiophene rings is 1. The molecule has 0 unspecified atom stereocenters. The van der Waals surface area contributed by atoms with Crippen molar-refractivity contribution in [3.63, 3.8) is 0 Å². The van der Waals surface area contributed by atoms with Crippen LogP contribution >= 0.6 is 11.3 Å². The number of nitrogens with zero attached hydrogens (tertiary/aromatic N) is 1. The largest absolute Gasteiger partial charge is 0.505 e. The monoisotopic (exact) mass is 419 g/mol. The maximum absolute atomic E-state index is 12.1. The summed E-state index contributed by atoms with van der Waals surface area (Å²) in [5.41, 5.74) is 4.51. The van der Waals surface area contributed by atoms with Gasteiger partial charge in [0.25, 0.3) is 0 Å². The maximum atomic E-state index is 12.1. The van der Waals surface area contributed by atoms with E-state index in [4.69, 9.17) is 4.98 Å². The van der Waals surface area contributed by atoms with Crippen LogP contribution in [0, 0.1) is 6.92 Å². The lowest BCUT2D eigenvalue weighted by Gasteiger charge is -2.15. The molecule has 2 N–H and O–H groups in total. The van der Waals surface area contributed by atoms with Crippen molar-refractivity contribution in [2.45, 2.75) is 46.5 Å². The van der Waals surface area contributed by atoms with E-state index in [0.717, 1.165) is 35.3 Å². The fraction of sp³-hybridized carbons (Fsp3) is 0.280. The minimum absolute atomic E-state index is 0.0495. The minimum atomic E-state index is -1.13. The average molecular weight is 420 g/mol. The van der Waals surface area contributed by atoms with Gasteiger partial charge in [0, 0.05) is 21.4 Å². The number of hydrogen-bond acceptors (Lipinski definition) is 4. The van der Waals surface area contributed by atoms with E-state index in [-0.39, 0.29) is 11.3 Å². The summed E-state index contributed by atoms with van der Waals surface area (Å²) < 4.78 is 1.18. The van der Waals surface area contributed by atoms with Crippen molar-refractivity contribution in [3.05, 3.63) is 69.2 Å². The molecule has 0 aliphatic rings. The molecule has 2 aromatic heterocycles. The molecule has 0 amide bonds. The molecule has 0 saturated heterocycles. The molecule has 2 heterocycles. The zero-order valence-corrected chi connectivity index (χ0v) is 18.3. The van der Waals surface area contributed by atoms with Crippen LogP contribution in [0.1, 0.15) is 57.9 Å². The Kier molecular flexibility index (Phi) is 5.48. The summed E-state index contributed by atoms with van der Waals surface area (Å²) in [6.45, 7) is 6.27. The number of carboxylic acid groups (broad SMARTS) is 1. The number of carbonyl (C=O) groups is 1. The third kappa shape index (κ3) is 3.33. The first kappa shape index (κ1) is 20.4. The highest BCUT2D eigenvalue weighted by Crippen LogP contribution is 2.37. The fourth-order valence-electron chi connectivity index (χ4n) is 4.25. The zero-order chi connectivity index (χ0) is 21.4. The number of benzene rings is 2. The summed E-state index contributed by atoms with van der Waals surface area (Å²) in [5.74, 6) is -1.35. The third-order valence-corrected chi connectivity index (χ3v) is 7.04. The van der Waals surface area contributed by atoms with Crippen LogP contribution in [0.2, 0.25) is 0 Å². The van der Waals surface area contributed by atoms with Crippen LogP contribution in [-0.4, -0.2) is 21.2 Å². The molecule has 0 saturated carbocycles. The Morgan fingerprint density at radius 3 is 2.53 bits per heavy atom. The van der Waals surface area contributed by atoms with E-state index in [0.29, 0.717) is 23.0 Å². The Morgan fingerprint density at radius 1 is 1.10 bits per heavy atom. The van der Waals surface area contributed by atoms with E-state index >= 15 is 0 Å². The topological polar surface area (TPSA) is 70.4 Å². The molecular weight excluding hydrogens is 394 g/mol. The number of hydrogen-bond donors (Lipinski definition) is 2. The van der Waals surface area contributed by atoms with Crippen LogP contribution in [0.5, 0.6) is 5.75 Å². The van der Waals surface area contributed by atoms with E-state index in [1.54, 1.807) is 17.4 Å². The SMILES string of the molecule is CCCc1ccc2c(C(=O)O)c(O)c(Cc3sc4ccccc4c3C)nc2c1CC. The molecule has 0 bridgehead atoms. The molecule has 4 rings (SSSR count). The van der Waals surface area contributed by atoms with Gasteiger partial charge in [-0.05, 0) is 47.9 Å². The van der Waals surface area contributed by atoms with Crippen LogP contribution in [-0.2, 0) is 19.3 Å². The molecule has 0 spiro atoms. The van der Waals surface area contributed by atoms with Crippen molar-refractivity contribution >= 4 is 38.3 Å². The van der Waals surface area contributed by atoms with Gasteiger partial charge in [-0.15, -0.1) is 11.3 Å². The van der Waals surface area contributed by atoms with E-state index in [1.165, 1.54) is 15.6 Å². The van der Waals surface area contributed by atoms with Gasteiger partial charge >= 0.3 is 5.97 Å². The second-order valence-electron chi connectivity index (χ2n) is 7.61. The van der Waals surface area contributed by atoms with Gasteiger partial charge in [-0.25, -0.2) is 9.78 Å². The third-order valence-electron chi connectivity index (χ3n) is 5.76. The molecule has 4 aromatic rings. The highest BCUT2D eigenvalue weighted by Gasteiger charge is 2.23. The van der Waals surface area contributed by atoms with Crippen molar-refractivity contribution < 1.29 is 15.0 Å². The normalized spacial score (nSPS) is 11.4. The molecule has 0 aliphatic carbocycles. The number of aromatic hydroxyl groups is 1. The summed E-state index contributed by atoms with van der Waals surface area (Å²) in [4.78, 5) is 18.0. The number of pyridine rings is 1. The Bertz CT molecular complexity index is 1270. The highest BCUT2D eigenvalue weighted by atomic mass is 32.1. The molecule has 30 heavy (non-hydrogen) atoms. The summed E-state index contributed by atoms with van der Waals surface area (Å²) in [6, 6.07) is 12.0. The Morgan fingerprint density at radius 2 is 1.87 bits per heavy atom. The van der Waals surface area contributed by atoms with Crippen molar-refractivity contribution in [1.82, 2.24) is 4.98 Å². The average Bonchev–Trinajstić information content (AvgIpc) is 3.04. The van der Waals surface area contributed by atoms with E-state index < -0.39 is 5.97 Å². The number of aromatic nitrogens is 1. The van der Waals surface area contributed by atoms with Crippen molar-refractivity contribution in [2.75, 3.05) is 0 Å². The molecule has 2 aromatic carbocycles. The molecule has 0 atom stereocenters. The lowest BCUT2D eigenvalue weighted by molar-refractivity contribution is 0.0695. The number of fused-ring (bicyclic) bond motifs is 2. The first-order valence-electron chi connectivity index (χ1n) is 10.3. The van der Waals surface area contributed by atoms with Gasteiger partial charge in [-0.3, -0.25) is 0 Å². The second kappa shape index (κ2) is 8.07. The molecule has 4 nitrogen and oxygen atoms in total. The Labute approximate surface area is 179 Å². The van der Waals surface area contributed by atoms with Gasteiger partial charge in [0.05, 0.1) is 11.2 Å².